The fourth-order valence-corrected chi connectivity index (χ4v) is 1.42. The normalized spacial score (nSPS) is 13.3. The number of amides is 1. The maximum Gasteiger partial charge on any atom is 0.323 e. The zero-order chi connectivity index (χ0) is 12.9. The van der Waals surface area contributed by atoms with Crippen LogP contribution in [0.4, 0.5) is 0 Å². The summed E-state index contributed by atoms with van der Waals surface area (Å²) in [6, 6.07) is -0.608. The minimum absolute atomic E-state index is 0.295. The van der Waals surface area contributed by atoms with Gasteiger partial charge in [0.25, 0.3) is 0 Å². The van der Waals surface area contributed by atoms with E-state index in [9.17, 15) is 9.59 Å². The molecule has 0 aliphatic heterocycles. The number of nitrogens with zero attached hydrogens (tertiary/aromatic N) is 1. The van der Waals surface area contributed by atoms with Crippen molar-refractivity contribution in [1.29, 1.82) is 0 Å². The Kier molecular flexibility index (Phi) is 5.44. The van der Waals surface area contributed by atoms with Crippen LogP contribution in [0.2, 0.25) is 0 Å². The average molecular weight is 230 g/mol. The van der Waals surface area contributed by atoms with Crippen LogP contribution in [0.15, 0.2) is 0 Å². The summed E-state index contributed by atoms with van der Waals surface area (Å²) in [6.07, 6.45) is 1.38. The minimum atomic E-state index is -1.02. The first kappa shape index (κ1) is 14.9. The molecular formula is C11H22N2O3. The molecule has 1 atom stereocenters. The average Bonchev–Trinajstić information content (AvgIpc) is 2.11. The predicted molar refractivity (Wildman–Crippen MR) is 62.0 cm³/mol. The summed E-state index contributed by atoms with van der Waals surface area (Å²) < 4.78 is 0. The second-order valence-electron chi connectivity index (χ2n) is 4.88. The summed E-state index contributed by atoms with van der Waals surface area (Å²) in [5.74, 6) is -1.32. The number of carbonyl (C=O) groups is 2. The van der Waals surface area contributed by atoms with E-state index in [4.69, 9.17) is 10.8 Å². The third-order valence-electron chi connectivity index (χ3n) is 2.29. The van der Waals surface area contributed by atoms with Crippen molar-refractivity contribution in [1.82, 2.24) is 4.90 Å². The van der Waals surface area contributed by atoms with Crippen molar-refractivity contribution in [3.05, 3.63) is 0 Å². The largest absolute Gasteiger partial charge is 0.480 e. The molecule has 1 unspecified atom stereocenters. The van der Waals surface area contributed by atoms with Gasteiger partial charge in [0.05, 0.1) is 6.04 Å². The van der Waals surface area contributed by atoms with Crippen LogP contribution in [-0.4, -0.2) is 40.0 Å². The molecule has 0 fully saturated rings. The second kappa shape index (κ2) is 5.84. The highest BCUT2D eigenvalue weighted by Gasteiger charge is 2.31. The van der Waals surface area contributed by atoms with E-state index in [1.807, 2.05) is 6.92 Å². The summed E-state index contributed by atoms with van der Waals surface area (Å²) in [4.78, 5) is 24.0. The van der Waals surface area contributed by atoms with E-state index in [0.717, 1.165) is 6.42 Å². The smallest absolute Gasteiger partial charge is 0.323 e. The van der Waals surface area contributed by atoms with Gasteiger partial charge in [-0.1, -0.05) is 13.3 Å². The fourth-order valence-electron chi connectivity index (χ4n) is 1.42. The zero-order valence-corrected chi connectivity index (χ0v) is 10.5. The molecule has 16 heavy (non-hydrogen) atoms. The van der Waals surface area contributed by atoms with Crippen LogP contribution in [0.3, 0.4) is 0 Å². The number of nitrogens with two attached hydrogens (primary N) is 1. The third-order valence-corrected chi connectivity index (χ3v) is 2.29. The van der Waals surface area contributed by atoms with Gasteiger partial charge in [0.2, 0.25) is 5.91 Å². The fraction of sp³-hybridized carbons (Fsp3) is 0.818. The standard InChI is InChI=1S/C11H22N2O3/c1-5-6-8(12)10(16)13(7-9(14)15)11(2,3)4/h8H,5-7,12H2,1-4H3,(H,14,15). The van der Waals surface area contributed by atoms with Crippen LogP contribution in [0, 0.1) is 0 Å². The number of rotatable bonds is 5. The summed E-state index contributed by atoms with van der Waals surface area (Å²) in [5, 5.41) is 8.77. The van der Waals surface area contributed by atoms with Crippen LogP contribution in [0.1, 0.15) is 40.5 Å². The Balaban J connectivity index is 4.76. The van der Waals surface area contributed by atoms with Crippen LogP contribution < -0.4 is 5.73 Å². The maximum atomic E-state index is 12.0. The van der Waals surface area contributed by atoms with Crippen molar-refractivity contribution in [3.63, 3.8) is 0 Å². The molecule has 5 heteroatoms. The predicted octanol–water partition coefficient (Wildman–Crippen LogP) is 0.825. The molecule has 1 amide bonds. The molecule has 0 aliphatic carbocycles. The maximum absolute atomic E-state index is 12.0. The quantitative estimate of drug-likeness (QED) is 0.732. The molecule has 0 radical (unpaired) electrons. The van der Waals surface area contributed by atoms with E-state index in [2.05, 4.69) is 0 Å². The van der Waals surface area contributed by atoms with Crippen molar-refractivity contribution in [3.8, 4) is 0 Å². The van der Waals surface area contributed by atoms with E-state index in [0.29, 0.717) is 6.42 Å². The third kappa shape index (κ3) is 4.61. The highest BCUT2D eigenvalue weighted by molar-refractivity contribution is 5.85. The number of carboxylic acids is 1. The number of carboxylic acid groups (broad SMARTS) is 1. The van der Waals surface area contributed by atoms with Gasteiger partial charge in [0.1, 0.15) is 6.54 Å². The van der Waals surface area contributed by atoms with Gasteiger partial charge in [0.15, 0.2) is 0 Å². The zero-order valence-electron chi connectivity index (χ0n) is 10.5. The van der Waals surface area contributed by atoms with Gasteiger partial charge in [-0.05, 0) is 27.2 Å². The SMILES string of the molecule is CCCC(N)C(=O)N(CC(=O)O)C(C)(C)C. The van der Waals surface area contributed by atoms with Gasteiger partial charge >= 0.3 is 5.97 Å². The first-order valence-electron chi connectivity index (χ1n) is 5.49. The number of carbonyl (C=O) groups excluding carboxylic acids is 1. The molecule has 0 aliphatic rings. The molecule has 0 aromatic heterocycles. The molecule has 3 N–H and O–H groups in total. The van der Waals surface area contributed by atoms with Gasteiger partial charge in [-0.2, -0.15) is 0 Å². The first-order chi connectivity index (χ1) is 7.20. The molecule has 0 saturated carbocycles. The van der Waals surface area contributed by atoms with E-state index in [-0.39, 0.29) is 12.5 Å². The van der Waals surface area contributed by atoms with E-state index in [1.54, 1.807) is 20.8 Å². The molecule has 0 heterocycles. The number of aliphatic carboxylic acids is 1. The summed E-state index contributed by atoms with van der Waals surface area (Å²) in [5.41, 5.74) is 5.19. The Bertz CT molecular complexity index is 258. The van der Waals surface area contributed by atoms with Crippen LogP contribution in [-0.2, 0) is 9.59 Å². The van der Waals surface area contributed by atoms with Crippen molar-refractivity contribution < 1.29 is 14.7 Å². The van der Waals surface area contributed by atoms with Crippen molar-refractivity contribution >= 4 is 11.9 Å². The molecule has 0 aromatic rings. The Morgan fingerprint density at radius 1 is 1.38 bits per heavy atom. The van der Waals surface area contributed by atoms with Gasteiger partial charge in [-0.25, -0.2) is 0 Å². The second-order valence-corrected chi connectivity index (χ2v) is 4.88. The van der Waals surface area contributed by atoms with E-state index >= 15 is 0 Å². The molecular weight excluding hydrogens is 208 g/mol. The Hall–Kier alpha value is -1.10. The summed E-state index contributed by atoms with van der Waals surface area (Å²) >= 11 is 0. The molecule has 5 nitrogen and oxygen atoms in total. The van der Waals surface area contributed by atoms with Gasteiger partial charge in [0, 0.05) is 5.54 Å². The van der Waals surface area contributed by atoms with Crippen LogP contribution in [0.5, 0.6) is 0 Å². The molecule has 0 spiro atoms. The molecule has 0 aromatic carbocycles. The lowest BCUT2D eigenvalue weighted by Crippen LogP contribution is -2.54. The van der Waals surface area contributed by atoms with Gasteiger partial charge in [-0.15, -0.1) is 0 Å². The van der Waals surface area contributed by atoms with Gasteiger partial charge in [-0.3, -0.25) is 9.59 Å². The molecule has 0 bridgehead atoms. The van der Waals surface area contributed by atoms with E-state index in [1.165, 1.54) is 4.90 Å². The molecule has 94 valence electrons. The highest BCUT2D eigenvalue weighted by Crippen LogP contribution is 2.15. The van der Waals surface area contributed by atoms with E-state index < -0.39 is 17.6 Å². The lowest BCUT2D eigenvalue weighted by atomic mass is 10.0. The van der Waals surface area contributed by atoms with Crippen molar-refractivity contribution in [2.45, 2.75) is 52.1 Å². The first-order valence-corrected chi connectivity index (χ1v) is 5.49. The van der Waals surface area contributed by atoms with Crippen LogP contribution >= 0.6 is 0 Å². The molecule has 0 saturated heterocycles. The lowest BCUT2D eigenvalue weighted by Gasteiger charge is -2.36. The van der Waals surface area contributed by atoms with Gasteiger partial charge < -0.3 is 15.7 Å². The summed E-state index contributed by atoms with van der Waals surface area (Å²) in [7, 11) is 0. The number of hydrogen-bond acceptors (Lipinski definition) is 3. The highest BCUT2D eigenvalue weighted by atomic mass is 16.4. The van der Waals surface area contributed by atoms with Crippen molar-refractivity contribution in [2.24, 2.45) is 5.73 Å². The molecule has 0 rings (SSSR count). The summed E-state index contributed by atoms with van der Waals surface area (Å²) in [6.45, 7) is 7.02. The Labute approximate surface area is 96.6 Å². The Morgan fingerprint density at radius 3 is 2.19 bits per heavy atom. The van der Waals surface area contributed by atoms with Crippen molar-refractivity contribution in [2.75, 3.05) is 6.54 Å². The lowest BCUT2D eigenvalue weighted by molar-refractivity contribution is -0.149. The topological polar surface area (TPSA) is 83.6 Å². The Morgan fingerprint density at radius 2 is 1.88 bits per heavy atom. The van der Waals surface area contributed by atoms with Crippen LogP contribution in [0.25, 0.3) is 0 Å². The number of hydrogen-bond donors (Lipinski definition) is 2. The monoisotopic (exact) mass is 230 g/mol. The minimum Gasteiger partial charge on any atom is -0.480 e.